The van der Waals surface area contributed by atoms with Crippen LogP contribution >= 0.6 is 0 Å². The van der Waals surface area contributed by atoms with Crippen LogP contribution < -0.4 is 11.1 Å². The molecule has 0 bridgehead atoms. The summed E-state index contributed by atoms with van der Waals surface area (Å²) in [6, 6.07) is 0. The molecule has 0 saturated carbocycles. The van der Waals surface area contributed by atoms with Gasteiger partial charge in [-0.15, -0.1) is 0 Å². The lowest BCUT2D eigenvalue weighted by Gasteiger charge is -2.16. The molecule has 27 heavy (non-hydrogen) atoms. The number of nitrogens with zero attached hydrogens (tertiary/aromatic N) is 5. The molecule has 1 amide bonds. The van der Waals surface area contributed by atoms with Crippen LogP contribution in [0.2, 0.25) is 0 Å². The number of carbonyl (C=O) groups is 1. The van der Waals surface area contributed by atoms with Crippen LogP contribution in [0.4, 0.5) is 11.8 Å². The Morgan fingerprint density at radius 3 is 2.85 bits per heavy atom. The van der Waals surface area contributed by atoms with Crippen molar-refractivity contribution in [1.82, 2.24) is 29.7 Å². The van der Waals surface area contributed by atoms with Crippen molar-refractivity contribution >= 4 is 28.8 Å². The number of nitrogen functional groups attached to an aromatic ring is 1. The molecule has 4 heterocycles. The number of aromatic nitrogens is 6. The summed E-state index contributed by atoms with van der Waals surface area (Å²) < 4.78 is 6.83. The summed E-state index contributed by atoms with van der Waals surface area (Å²) in [5.41, 5.74) is 6.57. The van der Waals surface area contributed by atoms with Crippen molar-refractivity contribution in [3.05, 3.63) is 24.3 Å². The lowest BCUT2D eigenvalue weighted by Crippen LogP contribution is -2.33. The van der Waals surface area contributed by atoms with Gasteiger partial charge in [0.05, 0.1) is 24.7 Å². The number of H-pyrrole nitrogens is 1. The SMILES string of the molecule is Nc1nc(NC(=O)c2cn[nH]c2)nc2c1ncn2[C@@H]1O[C@H](CO)[C@@H](O)[C@H]1O. The third kappa shape index (κ3) is 2.87. The molecule has 4 rings (SSSR count). The molecule has 0 spiro atoms. The molecule has 3 aromatic heterocycles. The number of carbonyl (C=O) groups excluding carboxylic acids is 1. The van der Waals surface area contributed by atoms with Gasteiger partial charge in [0.25, 0.3) is 5.91 Å². The van der Waals surface area contributed by atoms with Gasteiger partial charge < -0.3 is 25.8 Å². The number of hydrogen-bond donors (Lipinski definition) is 6. The highest BCUT2D eigenvalue weighted by Crippen LogP contribution is 2.32. The van der Waals surface area contributed by atoms with Gasteiger partial charge in [0.1, 0.15) is 23.8 Å². The lowest BCUT2D eigenvalue weighted by atomic mass is 10.1. The topological polar surface area (TPSA) is 197 Å². The maximum absolute atomic E-state index is 12.1. The van der Waals surface area contributed by atoms with Gasteiger partial charge >= 0.3 is 0 Å². The van der Waals surface area contributed by atoms with E-state index in [4.69, 9.17) is 10.5 Å². The molecular formula is C14H16N8O5. The Balaban J connectivity index is 1.69. The Labute approximate surface area is 150 Å². The Morgan fingerprint density at radius 2 is 2.19 bits per heavy atom. The number of aliphatic hydroxyl groups is 3. The van der Waals surface area contributed by atoms with Gasteiger partial charge in [-0.05, 0) is 0 Å². The lowest BCUT2D eigenvalue weighted by molar-refractivity contribution is -0.0511. The van der Waals surface area contributed by atoms with Crippen molar-refractivity contribution in [1.29, 1.82) is 0 Å². The predicted octanol–water partition coefficient (Wildman–Crippen LogP) is -2.00. The highest BCUT2D eigenvalue weighted by atomic mass is 16.6. The first-order valence-electron chi connectivity index (χ1n) is 7.92. The van der Waals surface area contributed by atoms with Crippen LogP contribution in [0.25, 0.3) is 11.2 Å². The zero-order chi connectivity index (χ0) is 19.1. The minimum atomic E-state index is -1.32. The molecule has 1 aliphatic heterocycles. The first-order valence-corrected chi connectivity index (χ1v) is 7.92. The van der Waals surface area contributed by atoms with E-state index < -0.39 is 37.1 Å². The summed E-state index contributed by atoms with van der Waals surface area (Å²) in [5.74, 6) is -0.575. The number of aliphatic hydroxyl groups excluding tert-OH is 3. The van der Waals surface area contributed by atoms with Crippen molar-refractivity contribution < 1.29 is 24.9 Å². The Hall–Kier alpha value is -3.13. The first kappa shape index (κ1) is 17.3. The summed E-state index contributed by atoms with van der Waals surface area (Å²) in [4.78, 5) is 24.4. The van der Waals surface area contributed by atoms with E-state index >= 15 is 0 Å². The van der Waals surface area contributed by atoms with Crippen molar-refractivity contribution in [2.45, 2.75) is 24.5 Å². The van der Waals surface area contributed by atoms with E-state index in [-0.39, 0.29) is 28.5 Å². The predicted molar refractivity (Wildman–Crippen MR) is 89.3 cm³/mol. The van der Waals surface area contributed by atoms with E-state index in [0.29, 0.717) is 0 Å². The summed E-state index contributed by atoms with van der Waals surface area (Å²) >= 11 is 0. The summed E-state index contributed by atoms with van der Waals surface area (Å²) in [6.45, 7) is -0.468. The average Bonchev–Trinajstić information content (AvgIpc) is 3.36. The fraction of sp³-hybridized carbons (Fsp3) is 0.357. The van der Waals surface area contributed by atoms with Crippen LogP contribution in [0.5, 0.6) is 0 Å². The van der Waals surface area contributed by atoms with Crippen LogP contribution in [0.3, 0.4) is 0 Å². The quantitative estimate of drug-likeness (QED) is 0.296. The molecular weight excluding hydrogens is 360 g/mol. The summed E-state index contributed by atoms with van der Waals surface area (Å²) in [7, 11) is 0. The van der Waals surface area contributed by atoms with Crippen LogP contribution in [-0.4, -0.2) is 75.9 Å². The monoisotopic (exact) mass is 376 g/mol. The van der Waals surface area contributed by atoms with Crippen LogP contribution in [0, 0.1) is 0 Å². The van der Waals surface area contributed by atoms with Crippen molar-refractivity contribution in [2.75, 3.05) is 17.7 Å². The standard InChI is InChI=1S/C14H16N8O5/c15-10-7-11(20-14(19-10)21-12(26)5-1-17-18-2-5)22(4-16-7)13-9(25)8(24)6(3-23)27-13/h1-2,4,6,8-9,13,23-25H,3H2,(H,17,18)(H3,15,19,20,21,26)/t6-,8-,9-,13-/m1/s1. The van der Waals surface area contributed by atoms with Crippen LogP contribution in [0.1, 0.15) is 16.6 Å². The smallest absolute Gasteiger partial charge is 0.261 e. The molecule has 1 fully saturated rings. The number of anilines is 2. The summed E-state index contributed by atoms with van der Waals surface area (Å²) in [5, 5.41) is 38.1. The fourth-order valence-electron chi connectivity index (χ4n) is 2.84. The van der Waals surface area contributed by atoms with Gasteiger partial charge in [0.2, 0.25) is 5.95 Å². The number of rotatable bonds is 4. The number of nitrogens with one attached hydrogen (secondary N) is 2. The van der Waals surface area contributed by atoms with E-state index in [2.05, 4.69) is 30.5 Å². The molecule has 1 saturated heterocycles. The van der Waals surface area contributed by atoms with Gasteiger partial charge in [-0.25, -0.2) is 4.98 Å². The van der Waals surface area contributed by atoms with E-state index in [1.807, 2.05) is 0 Å². The zero-order valence-corrected chi connectivity index (χ0v) is 13.7. The number of fused-ring (bicyclic) bond motifs is 1. The van der Waals surface area contributed by atoms with Crippen molar-refractivity contribution in [3.8, 4) is 0 Å². The second-order valence-corrected chi connectivity index (χ2v) is 5.93. The molecule has 0 unspecified atom stereocenters. The number of imidazole rings is 1. The third-order valence-corrected chi connectivity index (χ3v) is 4.23. The summed E-state index contributed by atoms with van der Waals surface area (Å²) in [6.07, 6.45) is -0.550. The highest BCUT2D eigenvalue weighted by molar-refractivity contribution is 6.03. The number of amides is 1. The molecule has 4 atom stereocenters. The van der Waals surface area contributed by atoms with E-state index in [0.717, 1.165) is 0 Å². The highest BCUT2D eigenvalue weighted by Gasteiger charge is 2.44. The third-order valence-electron chi connectivity index (χ3n) is 4.23. The molecule has 0 radical (unpaired) electrons. The van der Waals surface area contributed by atoms with Crippen LogP contribution in [0.15, 0.2) is 18.7 Å². The number of aromatic amines is 1. The Morgan fingerprint density at radius 1 is 1.37 bits per heavy atom. The molecule has 142 valence electrons. The second-order valence-electron chi connectivity index (χ2n) is 5.93. The molecule has 1 aliphatic rings. The Kier molecular flexibility index (Phi) is 4.19. The van der Waals surface area contributed by atoms with Gasteiger partial charge in [-0.2, -0.15) is 15.1 Å². The van der Waals surface area contributed by atoms with Gasteiger partial charge in [0.15, 0.2) is 17.7 Å². The molecule has 3 aromatic rings. The molecule has 7 N–H and O–H groups in total. The molecule has 13 heteroatoms. The minimum absolute atomic E-state index is 0.00740. The van der Waals surface area contributed by atoms with Gasteiger partial charge in [-0.1, -0.05) is 0 Å². The van der Waals surface area contributed by atoms with Crippen molar-refractivity contribution in [3.63, 3.8) is 0 Å². The number of nitrogens with two attached hydrogens (primary N) is 1. The normalized spacial score (nSPS) is 25.1. The maximum Gasteiger partial charge on any atom is 0.261 e. The van der Waals surface area contributed by atoms with Gasteiger partial charge in [-0.3, -0.25) is 19.8 Å². The minimum Gasteiger partial charge on any atom is -0.394 e. The fourth-order valence-corrected chi connectivity index (χ4v) is 2.84. The van der Waals surface area contributed by atoms with E-state index in [1.54, 1.807) is 0 Å². The molecule has 0 aromatic carbocycles. The van der Waals surface area contributed by atoms with E-state index in [9.17, 15) is 20.1 Å². The number of ether oxygens (including phenoxy) is 1. The average molecular weight is 376 g/mol. The van der Waals surface area contributed by atoms with E-state index in [1.165, 1.54) is 23.3 Å². The number of hydrogen-bond acceptors (Lipinski definition) is 10. The Bertz CT molecular complexity index is 973. The molecule has 0 aliphatic carbocycles. The maximum atomic E-state index is 12.1. The molecule has 13 nitrogen and oxygen atoms in total. The zero-order valence-electron chi connectivity index (χ0n) is 13.7. The largest absolute Gasteiger partial charge is 0.394 e. The van der Waals surface area contributed by atoms with Crippen molar-refractivity contribution in [2.24, 2.45) is 0 Å². The second kappa shape index (κ2) is 6.55. The van der Waals surface area contributed by atoms with Gasteiger partial charge in [0, 0.05) is 6.20 Å². The van der Waals surface area contributed by atoms with Crippen LogP contribution in [-0.2, 0) is 4.74 Å². The first-order chi connectivity index (χ1) is 13.0.